The van der Waals surface area contributed by atoms with E-state index in [9.17, 15) is 14.4 Å². The first-order valence-electron chi connectivity index (χ1n) is 8.34. The summed E-state index contributed by atoms with van der Waals surface area (Å²) in [7, 11) is 0. The van der Waals surface area contributed by atoms with Crippen LogP contribution in [0.3, 0.4) is 0 Å². The van der Waals surface area contributed by atoms with Crippen molar-refractivity contribution < 1.29 is 23.9 Å². The molecule has 2 aliphatic heterocycles. The predicted molar refractivity (Wildman–Crippen MR) is 96.2 cm³/mol. The van der Waals surface area contributed by atoms with Gasteiger partial charge < -0.3 is 14.0 Å². The Bertz CT molecular complexity index is 1060. The highest BCUT2D eigenvalue weighted by molar-refractivity contribution is 7.16. The number of fused-ring (bicyclic) bond motifs is 2. The number of rotatable bonds is 3. The smallest absolute Gasteiger partial charge is 0.268 e. The minimum atomic E-state index is -0.576. The largest absolute Gasteiger partial charge is 0.486 e. The maximum absolute atomic E-state index is 12.3. The molecule has 3 amide bonds. The summed E-state index contributed by atoms with van der Waals surface area (Å²) >= 11 is 1.28. The zero-order chi connectivity index (χ0) is 19.0. The van der Waals surface area contributed by atoms with Gasteiger partial charge in [-0.05, 0) is 0 Å². The van der Waals surface area contributed by atoms with Gasteiger partial charge in [0.1, 0.15) is 19.8 Å². The van der Waals surface area contributed by atoms with Crippen molar-refractivity contribution in [2.24, 2.45) is 4.99 Å². The Hall–Kier alpha value is -3.12. The number of ether oxygens (including phenoxy) is 2. The van der Waals surface area contributed by atoms with Gasteiger partial charge in [0.05, 0.1) is 16.8 Å². The van der Waals surface area contributed by atoms with Crippen LogP contribution in [0.4, 0.5) is 0 Å². The molecule has 0 saturated carbocycles. The van der Waals surface area contributed by atoms with Crippen molar-refractivity contribution in [3.63, 3.8) is 0 Å². The minimum Gasteiger partial charge on any atom is -0.486 e. The average Bonchev–Trinajstić information content (AvgIpc) is 3.14. The Morgan fingerprint density at radius 3 is 2.52 bits per heavy atom. The topological polar surface area (TPSA) is 90.2 Å². The number of nitrogens with zero attached hydrogens (tertiary/aromatic N) is 3. The molecule has 1 aromatic heterocycles. The number of hydrogen-bond donors (Lipinski definition) is 0. The second-order valence-corrected chi connectivity index (χ2v) is 7.03. The van der Waals surface area contributed by atoms with Crippen molar-refractivity contribution in [3.05, 3.63) is 16.9 Å². The number of amides is 3. The van der Waals surface area contributed by atoms with Gasteiger partial charge >= 0.3 is 0 Å². The number of carbonyl (C=O) groups excluding carboxylic acids is 3. The summed E-state index contributed by atoms with van der Waals surface area (Å²) in [4.78, 5) is 41.1. The van der Waals surface area contributed by atoms with Crippen LogP contribution in [0.5, 0.6) is 11.5 Å². The van der Waals surface area contributed by atoms with E-state index in [1.807, 2.05) is 12.1 Å². The van der Waals surface area contributed by atoms with Crippen molar-refractivity contribution in [1.82, 2.24) is 9.47 Å². The lowest BCUT2D eigenvalue weighted by Gasteiger charge is -2.18. The van der Waals surface area contributed by atoms with Gasteiger partial charge in [-0.25, -0.2) is 0 Å². The summed E-state index contributed by atoms with van der Waals surface area (Å²) in [6.45, 7) is 0.797. The quantitative estimate of drug-likeness (QED) is 0.573. The molecule has 9 heteroatoms. The van der Waals surface area contributed by atoms with E-state index < -0.39 is 5.91 Å². The van der Waals surface area contributed by atoms with Crippen LogP contribution >= 0.6 is 11.3 Å². The Morgan fingerprint density at radius 2 is 1.85 bits per heavy atom. The first-order chi connectivity index (χ1) is 13.1. The molecule has 138 valence electrons. The molecule has 1 saturated heterocycles. The van der Waals surface area contributed by atoms with Crippen LogP contribution < -0.4 is 14.3 Å². The number of benzene rings is 1. The SMILES string of the molecule is C#CCn1c(=NC(=O)CN2C(=O)CCC2=O)sc2cc3c(cc21)OCCO3. The lowest BCUT2D eigenvalue weighted by atomic mass is 10.2. The highest BCUT2D eigenvalue weighted by atomic mass is 32.1. The maximum atomic E-state index is 12.3. The standard InChI is InChI=1S/C18H15N3O5S/c1-2-5-20-11-8-12-13(26-7-6-25-12)9-14(11)27-18(20)19-15(22)10-21-16(23)3-4-17(21)24/h1,8-9H,3-7,10H2. The van der Waals surface area contributed by atoms with Crippen molar-refractivity contribution in [1.29, 1.82) is 0 Å². The van der Waals surface area contributed by atoms with Crippen molar-refractivity contribution in [3.8, 4) is 23.8 Å². The van der Waals surface area contributed by atoms with Crippen LogP contribution in [-0.4, -0.2) is 46.9 Å². The molecule has 0 aliphatic carbocycles. The van der Waals surface area contributed by atoms with E-state index >= 15 is 0 Å². The summed E-state index contributed by atoms with van der Waals surface area (Å²) < 4.78 is 13.8. The van der Waals surface area contributed by atoms with E-state index in [-0.39, 0.29) is 37.7 Å². The third kappa shape index (κ3) is 3.19. The molecule has 0 unspecified atom stereocenters. The van der Waals surface area contributed by atoms with E-state index in [1.54, 1.807) is 4.57 Å². The van der Waals surface area contributed by atoms with E-state index in [0.717, 1.165) is 15.1 Å². The molecule has 4 rings (SSSR count). The Morgan fingerprint density at radius 1 is 1.19 bits per heavy atom. The summed E-state index contributed by atoms with van der Waals surface area (Å²) in [5, 5.41) is 0. The Labute approximate surface area is 158 Å². The fourth-order valence-electron chi connectivity index (χ4n) is 3.01. The van der Waals surface area contributed by atoms with Gasteiger partial charge in [-0.15, -0.1) is 6.42 Å². The lowest BCUT2D eigenvalue weighted by molar-refractivity contribution is -0.141. The van der Waals surface area contributed by atoms with Crippen molar-refractivity contribution in [2.45, 2.75) is 19.4 Å². The number of likely N-dealkylation sites (tertiary alicyclic amines) is 1. The highest BCUT2D eigenvalue weighted by Crippen LogP contribution is 2.35. The minimum absolute atomic E-state index is 0.137. The van der Waals surface area contributed by atoms with Gasteiger partial charge in [0, 0.05) is 25.0 Å². The first kappa shape index (κ1) is 17.3. The van der Waals surface area contributed by atoms with E-state index in [1.165, 1.54) is 11.3 Å². The van der Waals surface area contributed by atoms with Crippen LogP contribution in [0, 0.1) is 12.3 Å². The number of thiazole rings is 1. The lowest BCUT2D eigenvalue weighted by Crippen LogP contribution is -2.34. The fraction of sp³-hybridized carbons (Fsp3) is 0.333. The molecule has 3 heterocycles. The molecule has 0 bridgehead atoms. The van der Waals surface area contributed by atoms with Gasteiger partial charge in [-0.1, -0.05) is 17.3 Å². The van der Waals surface area contributed by atoms with Crippen LogP contribution in [0.25, 0.3) is 10.2 Å². The fourth-order valence-corrected chi connectivity index (χ4v) is 4.07. The molecule has 0 radical (unpaired) electrons. The number of hydrogen-bond acceptors (Lipinski definition) is 6. The maximum Gasteiger partial charge on any atom is 0.268 e. The summed E-state index contributed by atoms with van der Waals surface area (Å²) in [6, 6.07) is 3.65. The molecule has 1 fully saturated rings. The zero-order valence-electron chi connectivity index (χ0n) is 14.3. The zero-order valence-corrected chi connectivity index (χ0v) is 15.1. The van der Waals surface area contributed by atoms with Crippen molar-refractivity contribution in [2.75, 3.05) is 19.8 Å². The first-order valence-corrected chi connectivity index (χ1v) is 9.15. The molecular weight excluding hydrogens is 370 g/mol. The summed E-state index contributed by atoms with van der Waals surface area (Å²) in [5.41, 5.74) is 0.780. The number of imide groups is 1. The highest BCUT2D eigenvalue weighted by Gasteiger charge is 2.30. The normalized spacial score (nSPS) is 16.9. The number of aromatic nitrogens is 1. The summed E-state index contributed by atoms with van der Waals surface area (Å²) in [5.74, 6) is 2.53. The second kappa shape index (κ2) is 6.89. The third-order valence-electron chi connectivity index (χ3n) is 4.26. The third-order valence-corrected chi connectivity index (χ3v) is 5.31. The van der Waals surface area contributed by atoms with Gasteiger partial charge in [-0.2, -0.15) is 4.99 Å². The van der Waals surface area contributed by atoms with Crippen LogP contribution in [-0.2, 0) is 20.9 Å². The van der Waals surface area contributed by atoms with Gasteiger partial charge in [0.15, 0.2) is 16.3 Å². The molecular formula is C18H15N3O5S. The van der Waals surface area contributed by atoms with E-state index in [0.29, 0.717) is 29.5 Å². The second-order valence-electron chi connectivity index (χ2n) is 6.02. The van der Waals surface area contributed by atoms with Crippen molar-refractivity contribution >= 4 is 39.3 Å². The molecule has 27 heavy (non-hydrogen) atoms. The van der Waals surface area contributed by atoms with Crippen LogP contribution in [0.2, 0.25) is 0 Å². The molecule has 0 spiro atoms. The van der Waals surface area contributed by atoms with E-state index in [4.69, 9.17) is 15.9 Å². The Kier molecular flexibility index (Phi) is 4.41. The molecule has 8 nitrogen and oxygen atoms in total. The van der Waals surface area contributed by atoms with Crippen LogP contribution in [0.15, 0.2) is 17.1 Å². The van der Waals surface area contributed by atoms with Gasteiger partial charge in [-0.3, -0.25) is 19.3 Å². The predicted octanol–water partition coefficient (Wildman–Crippen LogP) is 0.683. The molecule has 2 aliphatic rings. The Balaban J connectivity index is 1.73. The molecule has 0 N–H and O–H groups in total. The molecule has 1 aromatic carbocycles. The average molecular weight is 385 g/mol. The molecule has 2 aromatic rings. The number of carbonyl (C=O) groups is 3. The number of terminal acetylenes is 1. The van der Waals surface area contributed by atoms with Crippen LogP contribution in [0.1, 0.15) is 12.8 Å². The van der Waals surface area contributed by atoms with Gasteiger partial charge in [0.25, 0.3) is 5.91 Å². The van der Waals surface area contributed by atoms with Gasteiger partial charge in [0.2, 0.25) is 11.8 Å². The van der Waals surface area contributed by atoms with E-state index in [2.05, 4.69) is 10.9 Å². The monoisotopic (exact) mass is 385 g/mol. The molecule has 0 atom stereocenters. The summed E-state index contributed by atoms with van der Waals surface area (Å²) in [6.07, 6.45) is 5.74.